The summed E-state index contributed by atoms with van der Waals surface area (Å²) in [6.45, 7) is 4.54. The highest BCUT2D eigenvalue weighted by molar-refractivity contribution is 7.98. The van der Waals surface area contributed by atoms with Crippen molar-refractivity contribution in [2.45, 2.75) is 25.4 Å². The maximum atomic E-state index is 10.4. The fourth-order valence-electron chi connectivity index (χ4n) is 1.85. The summed E-state index contributed by atoms with van der Waals surface area (Å²) in [5.41, 5.74) is 0. The van der Waals surface area contributed by atoms with Crippen LogP contribution in [0.25, 0.3) is 0 Å². The molecule has 0 amide bonds. The zero-order chi connectivity index (χ0) is 16.4. The minimum Gasteiger partial charge on any atom is -0.464 e. The quantitative estimate of drug-likeness (QED) is 0.259. The van der Waals surface area contributed by atoms with Crippen LogP contribution in [0.2, 0.25) is 0 Å². The lowest BCUT2D eigenvalue weighted by atomic mass is 10.4. The molecule has 0 saturated heterocycles. The van der Waals surface area contributed by atoms with E-state index in [1.165, 1.54) is 0 Å². The molecule has 0 aliphatic rings. The van der Waals surface area contributed by atoms with Crippen LogP contribution in [0, 0.1) is 10.1 Å². The first kappa shape index (κ1) is 19.0. The van der Waals surface area contributed by atoms with E-state index < -0.39 is 0 Å². The van der Waals surface area contributed by atoms with Crippen molar-refractivity contribution in [3.05, 3.63) is 33.8 Å². The van der Waals surface area contributed by atoms with E-state index in [2.05, 4.69) is 29.5 Å². The van der Waals surface area contributed by atoms with Crippen molar-refractivity contribution < 1.29 is 9.34 Å². The summed E-state index contributed by atoms with van der Waals surface area (Å²) in [7, 11) is 3.78. The van der Waals surface area contributed by atoms with Crippen molar-refractivity contribution in [2.24, 2.45) is 0 Å². The molecule has 1 unspecified atom stereocenters. The predicted molar refractivity (Wildman–Crippen MR) is 89.6 cm³/mol. The number of nitro groups is 1. The number of hydrogen-bond acceptors (Lipinski definition) is 7. The molecule has 1 aromatic heterocycles. The topological polar surface area (TPSA) is 83.6 Å². The number of nitrogens with one attached hydrogen (secondary N) is 2. The fraction of sp³-hybridized carbons (Fsp3) is 0.714. The Bertz CT molecular complexity index is 441. The van der Waals surface area contributed by atoms with Gasteiger partial charge in [0.1, 0.15) is 17.7 Å². The zero-order valence-corrected chi connectivity index (χ0v) is 14.3. The summed E-state index contributed by atoms with van der Waals surface area (Å²) >= 11 is 1.75. The molecule has 0 aliphatic heterocycles. The second-order valence-corrected chi connectivity index (χ2v) is 6.17. The molecule has 0 bridgehead atoms. The van der Waals surface area contributed by atoms with Crippen LogP contribution in [0.3, 0.4) is 0 Å². The van der Waals surface area contributed by atoms with Crippen molar-refractivity contribution in [1.29, 1.82) is 0 Å². The maximum absolute atomic E-state index is 10.4. The molecule has 1 atom stereocenters. The second kappa shape index (κ2) is 10.6. The van der Waals surface area contributed by atoms with Gasteiger partial charge in [-0.15, -0.1) is 0 Å². The third kappa shape index (κ3) is 7.79. The smallest absolute Gasteiger partial charge is 0.231 e. The largest absolute Gasteiger partial charge is 0.464 e. The maximum Gasteiger partial charge on any atom is 0.231 e. The van der Waals surface area contributed by atoms with Gasteiger partial charge >= 0.3 is 0 Å². The first-order valence-electron chi connectivity index (χ1n) is 7.41. The lowest BCUT2D eigenvalue weighted by Crippen LogP contribution is -2.46. The molecule has 0 fully saturated rings. The minimum atomic E-state index is -0.320. The van der Waals surface area contributed by atoms with Gasteiger partial charge in [-0.2, -0.15) is 11.8 Å². The first-order valence-corrected chi connectivity index (χ1v) is 8.57. The van der Waals surface area contributed by atoms with E-state index in [0.29, 0.717) is 0 Å². The average Bonchev–Trinajstić information content (AvgIpc) is 2.92. The van der Waals surface area contributed by atoms with Crippen LogP contribution in [0.4, 0.5) is 0 Å². The highest BCUT2D eigenvalue weighted by Gasteiger charge is 2.11. The standard InChI is InChI=1S/C14H26N4O3S/c1-4-17(3)9-12-5-6-13(21-12)11-22-8-7-16-14(15-2)10-18(19)20/h5-6,14-16H,4,7-11H2,1-3H3. The predicted octanol–water partition coefficient (Wildman–Crippen LogP) is 1.38. The van der Waals surface area contributed by atoms with Gasteiger partial charge in [-0.1, -0.05) is 6.92 Å². The third-order valence-corrected chi connectivity index (χ3v) is 4.23. The Balaban J connectivity index is 2.18. The van der Waals surface area contributed by atoms with Crippen molar-refractivity contribution in [1.82, 2.24) is 15.5 Å². The Morgan fingerprint density at radius 2 is 2.18 bits per heavy atom. The molecule has 0 aliphatic carbocycles. The molecule has 0 radical (unpaired) electrons. The molecule has 7 nitrogen and oxygen atoms in total. The van der Waals surface area contributed by atoms with Crippen LogP contribution < -0.4 is 10.6 Å². The molecule has 0 saturated carbocycles. The van der Waals surface area contributed by atoms with E-state index in [1.807, 2.05) is 12.1 Å². The molecule has 126 valence electrons. The first-order chi connectivity index (χ1) is 10.5. The van der Waals surface area contributed by atoms with Gasteiger partial charge in [0, 0.05) is 17.2 Å². The van der Waals surface area contributed by atoms with Gasteiger partial charge in [0.05, 0.1) is 12.3 Å². The molecule has 2 N–H and O–H groups in total. The number of nitrogens with zero attached hydrogens (tertiary/aromatic N) is 2. The van der Waals surface area contributed by atoms with Gasteiger partial charge in [-0.25, -0.2) is 0 Å². The molecule has 1 rings (SSSR count). The zero-order valence-electron chi connectivity index (χ0n) is 13.5. The molecule has 8 heteroatoms. The van der Waals surface area contributed by atoms with Crippen LogP contribution >= 0.6 is 11.8 Å². The molecule has 0 spiro atoms. The van der Waals surface area contributed by atoms with Crippen LogP contribution in [0.1, 0.15) is 18.4 Å². The van der Waals surface area contributed by atoms with Crippen LogP contribution in [0.15, 0.2) is 16.5 Å². The highest BCUT2D eigenvalue weighted by Crippen LogP contribution is 2.16. The Labute approximate surface area is 136 Å². The average molecular weight is 330 g/mol. The van der Waals surface area contributed by atoms with Gasteiger partial charge in [0.2, 0.25) is 6.54 Å². The summed E-state index contributed by atoms with van der Waals surface area (Å²) in [5.74, 6) is 3.65. The molecule has 1 aromatic rings. The number of likely N-dealkylation sites (N-methyl/N-ethyl adjacent to an activating group) is 1. The highest BCUT2D eigenvalue weighted by atomic mass is 32.2. The molecule has 0 aromatic carbocycles. The van der Waals surface area contributed by atoms with E-state index in [1.54, 1.807) is 18.8 Å². The van der Waals surface area contributed by atoms with Gasteiger partial charge in [-0.05, 0) is 32.8 Å². The Hall–Kier alpha value is -1.09. The number of furan rings is 1. The molecular weight excluding hydrogens is 304 g/mol. The van der Waals surface area contributed by atoms with E-state index in [-0.39, 0.29) is 17.6 Å². The fourth-order valence-corrected chi connectivity index (χ4v) is 2.61. The third-order valence-electron chi connectivity index (χ3n) is 3.24. The van der Waals surface area contributed by atoms with Gasteiger partial charge < -0.3 is 4.42 Å². The normalized spacial score (nSPS) is 12.7. The van der Waals surface area contributed by atoms with Crippen molar-refractivity contribution in [3.8, 4) is 0 Å². The lowest BCUT2D eigenvalue weighted by Gasteiger charge is -2.13. The Kier molecular flexibility index (Phi) is 9.14. The van der Waals surface area contributed by atoms with E-state index >= 15 is 0 Å². The number of thioether (sulfide) groups is 1. The molecule has 22 heavy (non-hydrogen) atoms. The van der Waals surface area contributed by atoms with E-state index in [4.69, 9.17) is 4.42 Å². The number of rotatable bonds is 12. The SMILES string of the molecule is CCN(C)Cc1ccc(CSCCNC(C[N+](=O)[O-])NC)o1. The van der Waals surface area contributed by atoms with Gasteiger partial charge in [0.15, 0.2) is 0 Å². The Morgan fingerprint density at radius 1 is 1.45 bits per heavy atom. The summed E-state index contributed by atoms with van der Waals surface area (Å²) in [5, 5.41) is 16.4. The van der Waals surface area contributed by atoms with E-state index in [9.17, 15) is 10.1 Å². The Morgan fingerprint density at radius 3 is 2.82 bits per heavy atom. The van der Waals surface area contributed by atoms with Crippen LogP contribution in [-0.2, 0) is 12.3 Å². The van der Waals surface area contributed by atoms with Crippen molar-refractivity contribution in [3.63, 3.8) is 0 Å². The number of hydrogen-bond donors (Lipinski definition) is 2. The summed E-state index contributed by atoms with van der Waals surface area (Å²) in [6.07, 6.45) is -0.282. The summed E-state index contributed by atoms with van der Waals surface area (Å²) in [6, 6.07) is 4.04. The summed E-state index contributed by atoms with van der Waals surface area (Å²) < 4.78 is 5.77. The van der Waals surface area contributed by atoms with Crippen molar-refractivity contribution in [2.75, 3.05) is 39.5 Å². The van der Waals surface area contributed by atoms with Gasteiger partial charge in [0.25, 0.3) is 0 Å². The summed E-state index contributed by atoms with van der Waals surface area (Å²) in [4.78, 5) is 12.3. The monoisotopic (exact) mass is 330 g/mol. The minimum absolute atomic E-state index is 0.117. The molecular formula is C14H26N4O3S. The lowest BCUT2D eigenvalue weighted by molar-refractivity contribution is -0.484. The van der Waals surface area contributed by atoms with Crippen molar-refractivity contribution >= 4 is 11.8 Å². The molecule has 1 heterocycles. The van der Waals surface area contributed by atoms with Crippen LogP contribution in [0.5, 0.6) is 0 Å². The van der Waals surface area contributed by atoms with Crippen LogP contribution in [-0.4, -0.2) is 55.5 Å². The van der Waals surface area contributed by atoms with Gasteiger partial charge in [-0.3, -0.25) is 25.6 Å². The van der Waals surface area contributed by atoms with E-state index in [0.717, 1.165) is 42.7 Å². The second-order valence-electron chi connectivity index (χ2n) is 5.06.